The molecule has 0 saturated carbocycles. The summed E-state index contributed by atoms with van der Waals surface area (Å²) in [5.41, 5.74) is 0.508. The lowest BCUT2D eigenvalue weighted by atomic mass is 10.1. The van der Waals surface area contributed by atoms with Gasteiger partial charge in [0, 0.05) is 24.7 Å². The fraction of sp³-hybridized carbons (Fsp3) is 0.462. The first-order chi connectivity index (χ1) is 8.59. The molecule has 0 aliphatic carbocycles. The Bertz CT molecular complexity index is 445. The van der Waals surface area contributed by atoms with E-state index >= 15 is 0 Å². The topological polar surface area (TPSA) is 32.3 Å². The predicted molar refractivity (Wildman–Crippen MR) is 74.4 cm³/mol. The highest BCUT2D eigenvalue weighted by atomic mass is 35.5. The summed E-state index contributed by atoms with van der Waals surface area (Å²) in [6, 6.07) is 5.20. The number of hydrogen-bond acceptors (Lipinski definition) is 2. The van der Waals surface area contributed by atoms with E-state index in [2.05, 4.69) is 5.32 Å². The Balaban J connectivity index is 2.14. The van der Waals surface area contributed by atoms with Crippen LogP contribution in [-0.2, 0) is 0 Å². The van der Waals surface area contributed by atoms with E-state index in [4.69, 9.17) is 23.2 Å². The second kappa shape index (κ2) is 5.91. The van der Waals surface area contributed by atoms with Gasteiger partial charge in [0.25, 0.3) is 5.91 Å². The summed E-state index contributed by atoms with van der Waals surface area (Å²) < 4.78 is 0. The minimum Gasteiger partial charge on any atom is -0.337 e. The van der Waals surface area contributed by atoms with Crippen LogP contribution in [0.4, 0.5) is 0 Å². The number of halogens is 2. The molecule has 98 valence electrons. The maximum absolute atomic E-state index is 12.3. The van der Waals surface area contributed by atoms with Crippen molar-refractivity contribution in [2.45, 2.75) is 18.9 Å². The lowest BCUT2D eigenvalue weighted by Gasteiger charge is -2.32. The first-order valence-electron chi connectivity index (χ1n) is 6.02. The summed E-state index contributed by atoms with van der Waals surface area (Å²) in [6.07, 6.45) is 2.12. The number of likely N-dealkylation sites (N-methyl/N-ethyl adjacent to an activating group) is 1. The monoisotopic (exact) mass is 286 g/mol. The van der Waals surface area contributed by atoms with Crippen LogP contribution in [0.1, 0.15) is 23.2 Å². The Morgan fingerprint density at radius 2 is 2.22 bits per heavy atom. The van der Waals surface area contributed by atoms with E-state index in [1.807, 2.05) is 7.05 Å². The van der Waals surface area contributed by atoms with Gasteiger partial charge in [-0.25, -0.2) is 0 Å². The molecule has 5 heteroatoms. The zero-order valence-corrected chi connectivity index (χ0v) is 11.8. The number of piperidine rings is 1. The summed E-state index contributed by atoms with van der Waals surface area (Å²) in [6.45, 7) is 1.87. The zero-order chi connectivity index (χ0) is 13.1. The molecule has 1 aliphatic rings. The second-order valence-corrected chi connectivity index (χ2v) is 5.38. The van der Waals surface area contributed by atoms with Crippen molar-refractivity contribution in [3.8, 4) is 0 Å². The molecule has 0 radical (unpaired) electrons. The van der Waals surface area contributed by atoms with Gasteiger partial charge in [-0.2, -0.15) is 0 Å². The van der Waals surface area contributed by atoms with E-state index in [0.29, 0.717) is 15.6 Å². The van der Waals surface area contributed by atoms with Crippen LogP contribution >= 0.6 is 23.2 Å². The first kappa shape index (κ1) is 13.7. The van der Waals surface area contributed by atoms with Crippen molar-refractivity contribution in [1.82, 2.24) is 10.2 Å². The maximum Gasteiger partial charge on any atom is 0.255 e. The minimum absolute atomic E-state index is 0.0506. The van der Waals surface area contributed by atoms with Gasteiger partial charge < -0.3 is 10.2 Å². The van der Waals surface area contributed by atoms with E-state index in [0.717, 1.165) is 25.9 Å². The molecular formula is C13H16Cl2N2O. The fourth-order valence-electron chi connectivity index (χ4n) is 2.18. The number of nitrogens with zero attached hydrogens (tertiary/aromatic N) is 1. The lowest BCUT2D eigenvalue weighted by molar-refractivity contribution is 0.0708. The SMILES string of the molecule is CN(C(=O)c1ccc(Cl)cc1Cl)C1CCCNC1. The normalized spacial score (nSPS) is 19.6. The summed E-state index contributed by atoms with van der Waals surface area (Å²) in [7, 11) is 1.82. The maximum atomic E-state index is 12.3. The van der Waals surface area contributed by atoms with Gasteiger partial charge in [-0.3, -0.25) is 4.79 Å². The van der Waals surface area contributed by atoms with Crippen LogP contribution in [0.5, 0.6) is 0 Å². The molecule has 1 heterocycles. The Hall–Kier alpha value is -0.770. The van der Waals surface area contributed by atoms with Crippen molar-refractivity contribution in [2.24, 2.45) is 0 Å². The second-order valence-electron chi connectivity index (χ2n) is 4.54. The molecule has 1 saturated heterocycles. The van der Waals surface area contributed by atoms with Crippen LogP contribution in [0.3, 0.4) is 0 Å². The number of carbonyl (C=O) groups is 1. The quantitative estimate of drug-likeness (QED) is 0.907. The van der Waals surface area contributed by atoms with E-state index in [1.165, 1.54) is 0 Å². The Morgan fingerprint density at radius 3 is 2.83 bits per heavy atom. The molecule has 0 aromatic heterocycles. The lowest BCUT2D eigenvalue weighted by Crippen LogP contribution is -2.46. The molecule has 1 aromatic carbocycles. The third-order valence-corrected chi connectivity index (χ3v) is 3.85. The van der Waals surface area contributed by atoms with Crippen LogP contribution < -0.4 is 5.32 Å². The van der Waals surface area contributed by atoms with Gasteiger partial charge in [0.1, 0.15) is 0 Å². The Labute approximate surface area is 117 Å². The van der Waals surface area contributed by atoms with E-state index in [1.54, 1.807) is 23.1 Å². The van der Waals surface area contributed by atoms with Crippen molar-refractivity contribution in [3.05, 3.63) is 33.8 Å². The first-order valence-corrected chi connectivity index (χ1v) is 6.78. The molecule has 1 aliphatic heterocycles. The highest BCUT2D eigenvalue weighted by Gasteiger charge is 2.24. The van der Waals surface area contributed by atoms with Crippen LogP contribution in [0, 0.1) is 0 Å². The van der Waals surface area contributed by atoms with Crippen LogP contribution in [0.2, 0.25) is 10.0 Å². The van der Waals surface area contributed by atoms with Crippen molar-refractivity contribution in [3.63, 3.8) is 0 Å². The predicted octanol–water partition coefficient (Wildman–Crippen LogP) is 2.82. The van der Waals surface area contributed by atoms with Crippen LogP contribution in [0.15, 0.2) is 18.2 Å². The standard InChI is InChI=1S/C13H16Cl2N2O/c1-17(10-3-2-6-16-8-10)13(18)11-5-4-9(14)7-12(11)15/h4-5,7,10,16H,2-3,6,8H2,1H3. The molecule has 0 spiro atoms. The third kappa shape index (κ3) is 2.97. The van der Waals surface area contributed by atoms with E-state index in [9.17, 15) is 4.79 Å². The summed E-state index contributed by atoms with van der Waals surface area (Å²) in [5, 5.41) is 4.24. The molecule has 1 atom stereocenters. The largest absolute Gasteiger partial charge is 0.337 e. The number of benzene rings is 1. The van der Waals surface area contributed by atoms with Gasteiger partial charge in [0.15, 0.2) is 0 Å². The molecule has 1 unspecified atom stereocenters. The van der Waals surface area contributed by atoms with Gasteiger partial charge in [-0.15, -0.1) is 0 Å². The van der Waals surface area contributed by atoms with Crippen molar-refractivity contribution < 1.29 is 4.79 Å². The molecule has 3 nitrogen and oxygen atoms in total. The molecule has 18 heavy (non-hydrogen) atoms. The van der Waals surface area contributed by atoms with E-state index < -0.39 is 0 Å². The minimum atomic E-state index is -0.0506. The van der Waals surface area contributed by atoms with Gasteiger partial charge in [-0.1, -0.05) is 23.2 Å². The number of amides is 1. The zero-order valence-electron chi connectivity index (χ0n) is 10.2. The summed E-state index contributed by atoms with van der Waals surface area (Å²) >= 11 is 11.9. The smallest absolute Gasteiger partial charge is 0.255 e. The average molecular weight is 287 g/mol. The highest BCUT2D eigenvalue weighted by Crippen LogP contribution is 2.23. The van der Waals surface area contributed by atoms with Gasteiger partial charge in [0.05, 0.1) is 10.6 Å². The summed E-state index contributed by atoms with van der Waals surface area (Å²) in [5.74, 6) is -0.0506. The van der Waals surface area contributed by atoms with Crippen LogP contribution in [-0.4, -0.2) is 37.0 Å². The molecular weight excluding hydrogens is 271 g/mol. The van der Waals surface area contributed by atoms with Crippen LogP contribution in [0.25, 0.3) is 0 Å². The number of rotatable bonds is 2. The summed E-state index contributed by atoms with van der Waals surface area (Å²) in [4.78, 5) is 14.1. The fourth-order valence-corrected chi connectivity index (χ4v) is 2.67. The van der Waals surface area contributed by atoms with Crippen molar-refractivity contribution in [1.29, 1.82) is 0 Å². The van der Waals surface area contributed by atoms with Gasteiger partial charge in [-0.05, 0) is 37.6 Å². The number of nitrogens with one attached hydrogen (secondary N) is 1. The molecule has 1 aromatic rings. The Morgan fingerprint density at radius 1 is 1.44 bits per heavy atom. The molecule has 0 bridgehead atoms. The molecule has 1 fully saturated rings. The van der Waals surface area contributed by atoms with Crippen molar-refractivity contribution in [2.75, 3.05) is 20.1 Å². The van der Waals surface area contributed by atoms with Gasteiger partial charge in [0.2, 0.25) is 0 Å². The van der Waals surface area contributed by atoms with Crippen molar-refractivity contribution >= 4 is 29.1 Å². The molecule has 1 N–H and O–H groups in total. The number of carbonyl (C=O) groups excluding carboxylic acids is 1. The Kier molecular flexibility index (Phi) is 4.49. The van der Waals surface area contributed by atoms with Gasteiger partial charge >= 0.3 is 0 Å². The number of hydrogen-bond donors (Lipinski definition) is 1. The highest BCUT2D eigenvalue weighted by molar-refractivity contribution is 6.36. The average Bonchev–Trinajstić information content (AvgIpc) is 2.38. The molecule has 1 amide bonds. The molecule has 2 rings (SSSR count). The third-order valence-electron chi connectivity index (χ3n) is 3.30. The van der Waals surface area contributed by atoms with E-state index in [-0.39, 0.29) is 11.9 Å².